The highest BCUT2D eigenvalue weighted by Crippen LogP contribution is 2.42. The summed E-state index contributed by atoms with van der Waals surface area (Å²) in [6, 6.07) is 11.8. The van der Waals surface area contributed by atoms with Gasteiger partial charge in [-0.2, -0.15) is 0 Å². The molecular weight excluding hydrogens is 474 g/mol. The number of halogens is 2. The van der Waals surface area contributed by atoms with E-state index in [9.17, 15) is 8.78 Å². The summed E-state index contributed by atoms with van der Waals surface area (Å²) in [6.07, 6.45) is 5.93. The molecule has 0 amide bonds. The summed E-state index contributed by atoms with van der Waals surface area (Å²) in [6.45, 7) is 9.22. The van der Waals surface area contributed by atoms with Crippen LogP contribution in [0.25, 0.3) is 5.65 Å². The van der Waals surface area contributed by atoms with Crippen LogP contribution in [0.2, 0.25) is 0 Å². The zero-order valence-electron chi connectivity index (χ0n) is 20.9. The molecule has 0 saturated carbocycles. The molecule has 7 nitrogen and oxygen atoms in total. The van der Waals surface area contributed by atoms with Gasteiger partial charge in [-0.05, 0) is 49.7 Å². The number of aryl methyl sites for hydroxylation is 1. The van der Waals surface area contributed by atoms with Gasteiger partial charge in [0.2, 0.25) is 0 Å². The molecule has 3 aromatic heterocycles. The largest absolute Gasteiger partial charge is 0.396 e. The quantitative estimate of drug-likeness (QED) is 0.277. The average molecular weight is 503 g/mol. The van der Waals surface area contributed by atoms with Crippen molar-refractivity contribution in [2.75, 3.05) is 37.7 Å². The van der Waals surface area contributed by atoms with Crippen LogP contribution in [-0.2, 0) is 11.4 Å². The molecule has 2 saturated heterocycles. The van der Waals surface area contributed by atoms with Gasteiger partial charge >= 0.3 is 0 Å². The van der Waals surface area contributed by atoms with Crippen LogP contribution < -0.4 is 4.90 Å². The first-order valence-corrected chi connectivity index (χ1v) is 12.4. The van der Waals surface area contributed by atoms with Crippen LogP contribution in [0.1, 0.15) is 29.4 Å². The number of hydrogen-bond donors (Lipinski definition) is 0. The Morgan fingerprint density at radius 1 is 1.05 bits per heavy atom. The fourth-order valence-corrected chi connectivity index (χ4v) is 5.39. The van der Waals surface area contributed by atoms with Crippen molar-refractivity contribution in [1.82, 2.24) is 19.3 Å². The van der Waals surface area contributed by atoms with Gasteiger partial charge in [0.15, 0.2) is 11.6 Å². The minimum Gasteiger partial charge on any atom is -0.396 e. The van der Waals surface area contributed by atoms with Crippen LogP contribution in [0, 0.1) is 24.0 Å². The Labute approximate surface area is 214 Å². The number of imidazole rings is 1. The molecule has 2 aliphatic rings. The van der Waals surface area contributed by atoms with E-state index in [1.807, 2.05) is 38.4 Å². The molecule has 0 atom stereocenters. The Kier molecular flexibility index (Phi) is 5.87. The van der Waals surface area contributed by atoms with E-state index in [1.54, 1.807) is 0 Å². The van der Waals surface area contributed by atoms with Gasteiger partial charge in [-0.3, -0.25) is 9.88 Å². The highest BCUT2D eigenvalue weighted by Gasteiger charge is 2.51. The monoisotopic (exact) mass is 502 g/mol. The maximum Gasteiger partial charge on any atom is 0.159 e. The molecule has 0 bridgehead atoms. The number of likely N-dealkylation sites (tertiary alicyclic amines) is 1. The first-order valence-electron chi connectivity index (χ1n) is 12.4. The Morgan fingerprint density at radius 3 is 2.62 bits per heavy atom. The summed E-state index contributed by atoms with van der Waals surface area (Å²) in [5.74, 6) is -1.84. The first-order chi connectivity index (χ1) is 17.9. The summed E-state index contributed by atoms with van der Waals surface area (Å²) < 4.78 is 29.3. The molecule has 9 heteroatoms. The predicted octanol–water partition coefficient (Wildman–Crippen LogP) is 4.43. The van der Waals surface area contributed by atoms with Gasteiger partial charge in [-0.1, -0.05) is 11.2 Å². The average Bonchev–Trinajstić information content (AvgIpc) is 3.22. The Balaban J connectivity index is 1.07. The molecule has 0 aliphatic carbocycles. The number of pyridine rings is 2. The highest BCUT2D eigenvalue weighted by atomic mass is 19.2. The summed E-state index contributed by atoms with van der Waals surface area (Å²) in [5.41, 5.74) is 6.01. The lowest BCUT2D eigenvalue weighted by atomic mass is 9.72. The van der Waals surface area contributed by atoms with Gasteiger partial charge < -0.3 is 14.1 Å². The Hall–Kier alpha value is -3.85. The van der Waals surface area contributed by atoms with E-state index in [4.69, 9.17) is 4.84 Å². The Morgan fingerprint density at radius 2 is 1.89 bits per heavy atom. The molecule has 0 unspecified atom stereocenters. The third-order valence-electron chi connectivity index (χ3n) is 7.05. The van der Waals surface area contributed by atoms with Gasteiger partial charge in [0.1, 0.15) is 18.0 Å². The SMILES string of the molecule is CCO/N=C(\c1ccc(F)c(F)c1)c1ccc(CN2CC3(C2)CN(c2ccn4cc(C)nc4c2)C3)cn1. The summed E-state index contributed by atoms with van der Waals surface area (Å²) >= 11 is 0. The van der Waals surface area contributed by atoms with Gasteiger partial charge in [-0.15, -0.1) is 0 Å². The van der Waals surface area contributed by atoms with Crippen molar-refractivity contribution in [2.45, 2.75) is 20.4 Å². The number of fused-ring (bicyclic) bond motifs is 1. The van der Waals surface area contributed by atoms with Crippen LogP contribution in [-0.4, -0.2) is 57.8 Å². The topological polar surface area (TPSA) is 58.3 Å². The normalized spacial score (nSPS) is 17.2. The molecule has 190 valence electrons. The number of anilines is 1. The minimum atomic E-state index is -0.934. The van der Waals surface area contributed by atoms with Crippen molar-refractivity contribution in [3.05, 3.63) is 95.2 Å². The van der Waals surface area contributed by atoms with Gasteiger partial charge in [-0.25, -0.2) is 13.8 Å². The number of aromatic nitrogens is 3. The minimum absolute atomic E-state index is 0.356. The van der Waals surface area contributed by atoms with Crippen LogP contribution in [0.15, 0.2) is 66.2 Å². The molecule has 37 heavy (non-hydrogen) atoms. The molecule has 1 spiro atoms. The van der Waals surface area contributed by atoms with Crippen molar-refractivity contribution in [3.8, 4) is 0 Å². The van der Waals surface area contributed by atoms with Gasteiger partial charge in [0.25, 0.3) is 0 Å². The van der Waals surface area contributed by atoms with E-state index in [0.717, 1.165) is 61.8 Å². The zero-order valence-corrected chi connectivity index (χ0v) is 20.9. The fraction of sp³-hybridized carbons (Fsp3) is 0.321. The number of rotatable bonds is 7. The second kappa shape index (κ2) is 9.23. The van der Waals surface area contributed by atoms with E-state index in [-0.39, 0.29) is 0 Å². The second-order valence-electron chi connectivity index (χ2n) is 10.1. The highest BCUT2D eigenvalue weighted by molar-refractivity contribution is 6.11. The van der Waals surface area contributed by atoms with Crippen LogP contribution >= 0.6 is 0 Å². The third kappa shape index (κ3) is 4.55. The van der Waals surface area contributed by atoms with Crippen molar-refractivity contribution < 1.29 is 13.6 Å². The molecular formula is C28H28F2N6O. The number of nitrogens with zero attached hydrogens (tertiary/aromatic N) is 6. The zero-order chi connectivity index (χ0) is 25.6. The smallest absolute Gasteiger partial charge is 0.159 e. The summed E-state index contributed by atoms with van der Waals surface area (Å²) in [4.78, 5) is 19.2. The van der Waals surface area contributed by atoms with Crippen LogP contribution in [0.3, 0.4) is 0 Å². The van der Waals surface area contributed by atoms with E-state index in [0.29, 0.717) is 29.0 Å². The third-order valence-corrected chi connectivity index (χ3v) is 7.05. The second-order valence-corrected chi connectivity index (χ2v) is 10.1. The van der Waals surface area contributed by atoms with Crippen molar-refractivity contribution in [2.24, 2.45) is 10.6 Å². The van der Waals surface area contributed by atoms with Crippen LogP contribution in [0.5, 0.6) is 0 Å². The number of hydrogen-bond acceptors (Lipinski definition) is 6. The van der Waals surface area contributed by atoms with Crippen molar-refractivity contribution in [1.29, 1.82) is 0 Å². The van der Waals surface area contributed by atoms with Crippen molar-refractivity contribution >= 4 is 17.0 Å². The maximum atomic E-state index is 13.8. The summed E-state index contributed by atoms with van der Waals surface area (Å²) in [5, 5.41) is 4.10. The standard InChI is InChI=1S/C28H28F2N6O/c1-3-37-33-27(21-5-6-23(29)24(30)10-21)25-7-4-20(12-31-25)14-34-15-28(16-34)17-36(18-28)22-8-9-35-13-19(2)32-26(35)11-22/h4-13H,3,14-18H2,1-2H3/b33-27+. The summed E-state index contributed by atoms with van der Waals surface area (Å²) in [7, 11) is 0. The van der Waals surface area contributed by atoms with Gasteiger partial charge in [0.05, 0.1) is 11.4 Å². The lowest BCUT2D eigenvalue weighted by Crippen LogP contribution is -2.71. The van der Waals surface area contributed by atoms with E-state index in [2.05, 4.69) is 47.7 Å². The lowest BCUT2D eigenvalue weighted by molar-refractivity contribution is -0.0273. The lowest BCUT2D eigenvalue weighted by Gasteiger charge is -2.61. The molecule has 2 aliphatic heterocycles. The van der Waals surface area contributed by atoms with E-state index in [1.165, 1.54) is 11.8 Å². The predicted molar refractivity (Wildman–Crippen MR) is 138 cm³/mol. The Bertz CT molecular complexity index is 1470. The number of oxime groups is 1. The fourth-order valence-electron chi connectivity index (χ4n) is 5.39. The molecule has 4 aromatic rings. The molecule has 6 rings (SSSR count). The number of benzene rings is 1. The first kappa shape index (κ1) is 23.5. The van der Waals surface area contributed by atoms with Crippen molar-refractivity contribution in [3.63, 3.8) is 0 Å². The van der Waals surface area contributed by atoms with Crippen LogP contribution in [0.4, 0.5) is 14.5 Å². The molecule has 0 N–H and O–H groups in total. The molecule has 5 heterocycles. The molecule has 0 radical (unpaired) electrons. The molecule has 1 aromatic carbocycles. The van der Waals surface area contributed by atoms with Gasteiger partial charge in [0, 0.05) is 74.0 Å². The van der Waals surface area contributed by atoms with E-state index >= 15 is 0 Å². The van der Waals surface area contributed by atoms with E-state index < -0.39 is 11.6 Å². The maximum absolute atomic E-state index is 13.8. The molecule has 2 fully saturated rings.